The van der Waals surface area contributed by atoms with Gasteiger partial charge in [0.2, 0.25) is 11.8 Å². The molecule has 1 aliphatic heterocycles. The second kappa shape index (κ2) is 9.89. The van der Waals surface area contributed by atoms with Gasteiger partial charge in [0.05, 0.1) is 11.3 Å². The first-order valence-electron chi connectivity index (χ1n) is 14.0. The SMILES string of the molecule is Cc1nn(-c2ncccn2)cc1C(=O)N1CC2[C@@H](C1)[C@@H]2Oc1cc(C(C)(C)N)cc(NC(C)C2CCCC2)n1. The Hall–Kier alpha value is -3.53. The Morgan fingerprint density at radius 1 is 1.15 bits per heavy atom. The summed E-state index contributed by atoms with van der Waals surface area (Å²) in [6.07, 6.45) is 10.2. The Morgan fingerprint density at radius 2 is 1.85 bits per heavy atom. The molecule has 6 rings (SSSR count). The summed E-state index contributed by atoms with van der Waals surface area (Å²) < 4.78 is 7.98. The van der Waals surface area contributed by atoms with Crippen LogP contribution in [0, 0.1) is 24.7 Å². The van der Waals surface area contributed by atoms with E-state index in [0.717, 1.165) is 11.4 Å². The normalized spacial score (nSPS) is 23.5. The molecule has 10 heteroatoms. The molecule has 2 aliphatic carbocycles. The number of aryl methyl sites for hydroxylation is 1. The zero-order valence-corrected chi connectivity index (χ0v) is 23.2. The van der Waals surface area contributed by atoms with Gasteiger partial charge in [0.1, 0.15) is 11.9 Å². The fourth-order valence-electron chi connectivity index (χ4n) is 6.12. The average molecular weight is 531 g/mol. The van der Waals surface area contributed by atoms with Crippen molar-refractivity contribution >= 4 is 11.7 Å². The monoisotopic (exact) mass is 530 g/mol. The lowest BCUT2D eigenvalue weighted by Crippen LogP contribution is -2.33. The van der Waals surface area contributed by atoms with Gasteiger partial charge in [-0.1, -0.05) is 12.8 Å². The third-order valence-electron chi connectivity index (χ3n) is 8.57. The van der Waals surface area contributed by atoms with E-state index in [9.17, 15) is 4.79 Å². The molecule has 3 N–H and O–H groups in total. The summed E-state index contributed by atoms with van der Waals surface area (Å²) in [6.45, 7) is 9.40. The van der Waals surface area contributed by atoms with Gasteiger partial charge >= 0.3 is 0 Å². The smallest absolute Gasteiger partial charge is 0.257 e. The van der Waals surface area contributed by atoms with Crippen LogP contribution < -0.4 is 15.8 Å². The first-order valence-corrected chi connectivity index (χ1v) is 14.0. The van der Waals surface area contributed by atoms with E-state index >= 15 is 0 Å². The molecular weight excluding hydrogens is 492 g/mol. The minimum atomic E-state index is -0.510. The third kappa shape index (κ3) is 5.22. The van der Waals surface area contributed by atoms with Crippen molar-refractivity contribution in [3.63, 3.8) is 0 Å². The Morgan fingerprint density at radius 3 is 2.51 bits per heavy atom. The number of carbonyl (C=O) groups excluding carboxylic acids is 1. The fourth-order valence-corrected chi connectivity index (χ4v) is 6.12. The van der Waals surface area contributed by atoms with Gasteiger partial charge in [0.25, 0.3) is 5.91 Å². The van der Waals surface area contributed by atoms with Crippen molar-refractivity contribution in [1.29, 1.82) is 0 Å². The molecule has 4 atom stereocenters. The van der Waals surface area contributed by atoms with Gasteiger partial charge in [-0.25, -0.2) is 14.6 Å². The van der Waals surface area contributed by atoms with Crippen LogP contribution in [0.3, 0.4) is 0 Å². The van der Waals surface area contributed by atoms with Crippen molar-refractivity contribution < 1.29 is 9.53 Å². The van der Waals surface area contributed by atoms with E-state index in [4.69, 9.17) is 15.5 Å². The molecule has 0 radical (unpaired) electrons. The molecule has 39 heavy (non-hydrogen) atoms. The van der Waals surface area contributed by atoms with Crippen LogP contribution in [0.1, 0.15) is 68.1 Å². The molecule has 10 nitrogen and oxygen atoms in total. The highest BCUT2D eigenvalue weighted by Crippen LogP contribution is 2.48. The number of nitrogens with zero attached hydrogens (tertiary/aromatic N) is 6. The molecule has 1 amide bonds. The lowest BCUT2D eigenvalue weighted by molar-refractivity contribution is 0.0751. The molecule has 3 aromatic rings. The van der Waals surface area contributed by atoms with E-state index in [-0.39, 0.29) is 12.0 Å². The molecule has 1 saturated heterocycles. The van der Waals surface area contributed by atoms with Gasteiger partial charge in [0.15, 0.2) is 0 Å². The van der Waals surface area contributed by atoms with E-state index in [2.05, 4.69) is 33.4 Å². The molecule has 2 unspecified atom stereocenters. The topological polar surface area (TPSA) is 124 Å². The number of nitrogens with one attached hydrogen (secondary N) is 1. The number of piperidine rings is 1. The van der Waals surface area contributed by atoms with Gasteiger partial charge in [-0.3, -0.25) is 4.79 Å². The second-order valence-electron chi connectivity index (χ2n) is 12.0. The van der Waals surface area contributed by atoms with Gasteiger partial charge < -0.3 is 20.7 Å². The van der Waals surface area contributed by atoms with Crippen LogP contribution in [0.2, 0.25) is 0 Å². The number of fused-ring (bicyclic) bond motifs is 1. The summed E-state index contributed by atoms with van der Waals surface area (Å²) in [5, 5.41) is 8.07. The molecule has 0 bridgehead atoms. The third-order valence-corrected chi connectivity index (χ3v) is 8.57. The van der Waals surface area contributed by atoms with E-state index < -0.39 is 5.54 Å². The Labute approximate surface area is 229 Å². The van der Waals surface area contributed by atoms with Crippen LogP contribution >= 0.6 is 0 Å². The minimum Gasteiger partial charge on any atom is -0.474 e. The second-order valence-corrected chi connectivity index (χ2v) is 12.0. The molecule has 206 valence electrons. The van der Waals surface area contributed by atoms with Crippen molar-refractivity contribution in [2.75, 3.05) is 18.4 Å². The van der Waals surface area contributed by atoms with Gasteiger partial charge in [-0.05, 0) is 64.2 Å². The zero-order valence-electron chi connectivity index (χ0n) is 23.2. The van der Waals surface area contributed by atoms with Crippen molar-refractivity contribution in [2.24, 2.45) is 23.5 Å². The van der Waals surface area contributed by atoms with E-state index in [1.165, 1.54) is 25.7 Å². The maximum absolute atomic E-state index is 13.3. The van der Waals surface area contributed by atoms with Crippen molar-refractivity contribution in [1.82, 2.24) is 29.6 Å². The number of rotatable bonds is 8. The summed E-state index contributed by atoms with van der Waals surface area (Å²) in [5.74, 6) is 3.12. The largest absolute Gasteiger partial charge is 0.474 e. The lowest BCUT2D eigenvalue weighted by Gasteiger charge is -2.25. The highest BCUT2D eigenvalue weighted by atomic mass is 16.5. The summed E-state index contributed by atoms with van der Waals surface area (Å²) >= 11 is 0. The number of hydrogen-bond donors (Lipinski definition) is 2. The number of hydrogen-bond acceptors (Lipinski definition) is 8. The summed E-state index contributed by atoms with van der Waals surface area (Å²) in [6, 6.07) is 6.11. The quantitative estimate of drug-likeness (QED) is 0.452. The van der Waals surface area contributed by atoms with E-state index in [1.54, 1.807) is 29.3 Å². The summed E-state index contributed by atoms with van der Waals surface area (Å²) in [7, 11) is 0. The van der Waals surface area contributed by atoms with E-state index in [0.29, 0.717) is 60.0 Å². The van der Waals surface area contributed by atoms with Crippen LogP contribution in [-0.2, 0) is 5.54 Å². The van der Waals surface area contributed by atoms with Crippen LogP contribution in [0.15, 0.2) is 36.8 Å². The first-order chi connectivity index (χ1) is 18.7. The number of pyridine rings is 1. The van der Waals surface area contributed by atoms with Crippen molar-refractivity contribution in [3.8, 4) is 11.8 Å². The maximum atomic E-state index is 13.3. The molecule has 3 fully saturated rings. The van der Waals surface area contributed by atoms with Gasteiger partial charge in [-0.2, -0.15) is 10.1 Å². The number of aromatic nitrogens is 5. The molecule has 2 saturated carbocycles. The van der Waals surface area contributed by atoms with Crippen LogP contribution in [0.25, 0.3) is 5.95 Å². The predicted molar refractivity (Wildman–Crippen MR) is 148 cm³/mol. The van der Waals surface area contributed by atoms with Crippen molar-refractivity contribution in [3.05, 3.63) is 53.6 Å². The van der Waals surface area contributed by atoms with Crippen LogP contribution in [-0.4, -0.2) is 60.8 Å². The fraction of sp³-hybridized carbons (Fsp3) is 0.552. The zero-order chi connectivity index (χ0) is 27.3. The standard InChI is InChI=1S/C29H38N8O2/c1-17(19-8-5-6-9-19)33-24-12-20(29(3,4)30)13-25(34-24)39-26-22-14-36(15-23(22)26)27(38)21-16-37(35-18(21)2)28-31-10-7-11-32-28/h7,10-13,16-17,19,22-23,26H,5-6,8-9,14-15,30H2,1-4H3,(H,33,34)/t17?,22-,23?,26+/m1/s1. The van der Waals surface area contributed by atoms with Crippen molar-refractivity contribution in [2.45, 2.75) is 71.1 Å². The Bertz CT molecular complexity index is 1330. The minimum absolute atomic E-state index is 0.0157. The van der Waals surface area contributed by atoms with Gasteiger partial charge in [-0.15, -0.1) is 0 Å². The number of anilines is 1. The molecule has 0 aromatic carbocycles. The Kier molecular flexibility index (Phi) is 6.53. The van der Waals surface area contributed by atoms with E-state index in [1.807, 2.05) is 31.7 Å². The molecule has 4 heterocycles. The number of ether oxygens (including phenoxy) is 1. The maximum Gasteiger partial charge on any atom is 0.257 e. The Balaban J connectivity index is 1.11. The summed E-state index contributed by atoms with van der Waals surface area (Å²) in [5.41, 5.74) is 8.20. The number of amides is 1. The van der Waals surface area contributed by atoms with Crippen LogP contribution in [0.5, 0.6) is 5.88 Å². The van der Waals surface area contributed by atoms with Gasteiger partial charge in [0, 0.05) is 61.2 Å². The highest BCUT2D eigenvalue weighted by Gasteiger charge is 2.59. The molecule has 3 aliphatic rings. The average Bonchev–Trinajstić information content (AvgIpc) is 3.43. The first kappa shape index (κ1) is 25.7. The molecule has 0 spiro atoms. The number of nitrogens with two attached hydrogens (primary N) is 1. The molecule has 3 aromatic heterocycles. The number of likely N-dealkylation sites (tertiary alicyclic amines) is 1. The lowest BCUT2D eigenvalue weighted by atomic mass is 9.96. The predicted octanol–water partition coefficient (Wildman–Crippen LogP) is 3.70. The number of carbonyl (C=O) groups is 1. The highest BCUT2D eigenvalue weighted by molar-refractivity contribution is 5.95. The van der Waals surface area contributed by atoms with Crippen LogP contribution in [0.4, 0.5) is 5.82 Å². The summed E-state index contributed by atoms with van der Waals surface area (Å²) in [4.78, 5) is 28.5. The molecular formula is C29H38N8O2.